The molecule has 2 aromatic rings. The number of pyridine rings is 1. The van der Waals surface area contributed by atoms with Gasteiger partial charge in [0.1, 0.15) is 5.75 Å². The first-order valence-electron chi connectivity index (χ1n) is 8.63. The fourth-order valence-corrected chi connectivity index (χ4v) is 3.93. The maximum atomic E-state index is 12.5. The molecule has 3 rings (SSSR count). The summed E-state index contributed by atoms with van der Waals surface area (Å²) in [6, 6.07) is 7.38. The molecule has 2 heterocycles. The molecular weight excluding hydrogens is 409 g/mol. The molecule has 1 saturated heterocycles. The van der Waals surface area contributed by atoms with Crippen molar-refractivity contribution in [3.63, 3.8) is 0 Å². The van der Waals surface area contributed by atoms with E-state index in [9.17, 15) is 21.6 Å². The number of halogens is 3. The molecule has 0 radical (unpaired) electrons. The number of nitrogens with one attached hydrogen (secondary N) is 1. The Hall–Kier alpha value is -2.84. The maximum absolute atomic E-state index is 12.5. The van der Waals surface area contributed by atoms with Gasteiger partial charge < -0.3 is 9.64 Å². The van der Waals surface area contributed by atoms with E-state index in [1.165, 1.54) is 24.3 Å². The molecule has 0 spiro atoms. The minimum atomic E-state index is -4.49. The number of hydrogen-bond acceptors (Lipinski definition) is 6. The third-order valence-corrected chi connectivity index (χ3v) is 5.85. The van der Waals surface area contributed by atoms with E-state index in [0.717, 1.165) is 18.6 Å². The number of hydrogen-bond donors (Lipinski definition) is 1. The van der Waals surface area contributed by atoms with Crippen LogP contribution in [-0.4, -0.2) is 37.9 Å². The van der Waals surface area contributed by atoms with Crippen LogP contribution in [-0.2, 0) is 16.2 Å². The third kappa shape index (κ3) is 5.36. The van der Waals surface area contributed by atoms with Gasteiger partial charge in [-0.05, 0) is 42.7 Å². The summed E-state index contributed by atoms with van der Waals surface area (Å²) in [5, 5.41) is 8.84. The number of nitriles is 1. The molecule has 11 heteroatoms. The Labute approximate surface area is 165 Å². The predicted molar refractivity (Wildman–Crippen MR) is 96.2 cm³/mol. The molecule has 0 bridgehead atoms. The molecule has 1 aliphatic rings. The number of sulfonamides is 1. The summed E-state index contributed by atoms with van der Waals surface area (Å²) in [6.45, 7) is 1.37. The molecule has 1 aromatic heterocycles. The van der Waals surface area contributed by atoms with E-state index in [1.807, 2.05) is 6.19 Å². The highest BCUT2D eigenvalue weighted by molar-refractivity contribution is 7.89. The lowest BCUT2D eigenvalue weighted by atomic mass is 10.1. The van der Waals surface area contributed by atoms with Crippen molar-refractivity contribution < 1.29 is 26.3 Å². The van der Waals surface area contributed by atoms with Crippen LogP contribution in [0.4, 0.5) is 13.2 Å². The first-order chi connectivity index (χ1) is 13.7. The largest absolute Gasteiger partial charge is 0.439 e. The molecule has 7 nitrogen and oxygen atoms in total. The molecule has 154 valence electrons. The van der Waals surface area contributed by atoms with Crippen LogP contribution in [0.2, 0.25) is 0 Å². The van der Waals surface area contributed by atoms with Crippen molar-refractivity contribution in [2.24, 2.45) is 5.92 Å². The van der Waals surface area contributed by atoms with E-state index in [1.54, 1.807) is 4.90 Å². The highest BCUT2D eigenvalue weighted by Gasteiger charge is 2.30. The average molecular weight is 426 g/mol. The van der Waals surface area contributed by atoms with Crippen molar-refractivity contribution in [1.82, 2.24) is 14.6 Å². The number of benzene rings is 1. The van der Waals surface area contributed by atoms with E-state index >= 15 is 0 Å². The summed E-state index contributed by atoms with van der Waals surface area (Å²) in [7, 11) is -3.73. The lowest BCUT2D eigenvalue weighted by Crippen LogP contribution is -2.30. The topological polar surface area (TPSA) is 95.3 Å². The average Bonchev–Trinajstić information content (AvgIpc) is 3.15. The van der Waals surface area contributed by atoms with Crippen LogP contribution in [0.1, 0.15) is 12.0 Å². The lowest BCUT2D eigenvalue weighted by Gasteiger charge is -2.12. The zero-order chi connectivity index (χ0) is 21.1. The van der Waals surface area contributed by atoms with Crippen molar-refractivity contribution in [3.05, 3.63) is 48.2 Å². The Morgan fingerprint density at radius 2 is 1.97 bits per heavy atom. The molecule has 1 aromatic carbocycles. The Morgan fingerprint density at radius 1 is 1.24 bits per heavy atom. The van der Waals surface area contributed by atoms with Gasteiger partial charge in [-0.3, -0.25) is 0 Å². The van der Waals surface area contributed by atoms with E-state index in [2.05, 4.69) is 9.71 Å². The van der Waals surface area contributed by atoms with Crippen LogP contribution in [0.5, 0.6) is 11.6 Å². The smallest absolute Gasteiger partial charge is 0.417 e. The Balaban J connectivity index is 1.59. The number of ether oxygens (including phenoxy) is 1. The van der Waals surface area contributed by atoms with Crippen LogP contribution < -0.4 is 9.46 Å². The summed E-state index contributed by atoms with van der Waals surface area (Å²) in [5.41, 5.74) is -0.891. The molecule has 1 fully saturated rings. The SMILES string of the molecule is N#CN1CCC(CNS(=O)(=O)c2ccc(Oc3ccc(C(F)(F)F)cn3)cc2)C1. The summed E-state index contributed by atoms with van der Waals surface area (Å²) < 4.78 is 70.3. The van der Waals surface area contributed by atoms with Gasteiger partial charge in [-0.25, -0.2) is 18.1 Å². The first kappa shape index (κ1) is 20.9. The van der Waals surface area contributed by atoms with Crippen molar-refractivity contribution in [2.45, 2.75) is 17.5 Å². The number of likely N-dealkylation sites (tertiary alicyclic amines) is 1. The standard InChI is InChI=1S/C18H17F3N4O3S/c19-18(20,21)14-1-6-17(23-10-14)28-15-2-4-16(5-3-15)29(26,27)24-9-13-7-8-25(11-13)12-22/h1-6,10,13,24H,7-9,11H2. The van der Waals surface area contributed by atoms with Crippen LogP contribution in [0.3, 0.4) is 0 Å². The minimum absolute atomic E-state index is 0.0281. The number of alkyl halides is 3. The summed E-state index contributed by atoms with van der Waals surface area (Å²) in [4.78, 5) is 5.21. The van der Waals surface area contributed by atoms with Crippen molar-refractivity contribution in [3.8, 4) is 17.8 Å². The molecule has 29 heavy (non-hydrogen) atoms. The molecular formula is C18H17F3N4O3S. The highest BCUT2D eigenvalue weighted by atomic mass is 32.2. The van der Waals surface area contributed by atoms with Crippen LogP contribution in [0, 0.1) is 17.4 Å². The van der Waals surface area contributed by atoms with Crippen LogP contribution in [0.15, 0.2) is 47.5 Å². The van der Waals surface area contributed by atoms with E-state index in [4.69, 9.17) is 10.00 Å². The normalized spacial score (nSPS) is 17.2. The fourth-order valence-electron chi connectivity index (χ4n) is 2.82. The van der Waals surface area contributed by atoms with E-state index in [-0.39, 0.29) is 29.0 Å². The number of aromatic nitrogens is 1. The van der Waals surface area contributed by atoms with Gasteiger partial charge in [-0.2, -0.15) is 18.4 Å². The Kier molecular flexibility index (Phi) is 5.95. The van der Waals surface area contributed by atoms with Crippen molar-refractivity contribution in [2.75, 3.05) is 19.6 Å². The second kappa shape index (κ2) is 8.26. The van der Waals surface area contributed by atoms with Gasteiger partial charge in [0.2, 0.25) is 15.9 Å². The van der Waals surface area contributed by atoms with E-state index < -0.39 is 21.8 Å². The first-order valence-corrected chi connectivity index (χ1v) is 10.1. The highest BCUT2D eigenvalue weighted by Crippen LogP contribution is 2.30. The minimum Gasteiger partial charge on any atom is -0.439 e. The molecule has 1 aliphatic heterocycles. The summed E-state index contributed by atoms with van der Waals surface area (Å²) in [6.07, 6.45) is -1.05. The maximum Gasteiger partial charge on any atom is 0.417 e. The molecule has 1 unspecified atom stereocenters. The molecule has 0 saturated carbocycles. The monoisotopic (exact) mass is 426 g/mol. The quantitative estimate of drug-likeness (QED) is 0.714. The summed E-state index contributed by atoms with van der Waals surface area (Å²) in [5.74, 6) is 0.254. The molecule has 1 N–H and O–H groups in total. The second-order valence-electron chi connectivity index (χ2n) is 6.51. The second-order valence-corrected chi connectivity index (χ2v) is 8.28. The van der Waals surface area contributed by atoms with E-state index in [0.29, 0.717) is 19.3 Å². The van der Waals surface area contributed by atoms with Crippen molar-refractivity contribution >= 4 is 10.0 Å². The fraction of sp³-hybridized carbons (Fsp3) is 0.333. The van der Waals surface area contributed by atoms with Crippen LogP contribution in [0.25, 0.3) is 0 Å². The Morgan fingerprint density at radius 3 is 2.52 bits per heavy atom. The lowest BCUT2D eigenvalue weighted by molar-refractivity contribution is -0.137. The van der Waals surface area contributed by atoms with Gasteiger partial charge >= 0.3 is 6.18 Å². The van der Waals surface area contributed by atoms with Gasteiger partial charge in [0.15, 0.2) is 6.19 Å². The van der Waals surface area contributed by atoms with Gasteiger partial charge in [-0.1, -0.05) is 0 Å². The van der Waals surface area contributed by atoms with Gasteiger partial charge in [-0.15, -0.1) is 0 Å². The van der Waals surface area contributed by atoms with Crippen LogP contribution >= 0.6 is 0 Å². The number of nitrogens with zero attached hydrogens (tertiary/aromatic N) is 3. The number of rotatable bonds is 6. The van der Waals surface area contributed by atoms with Gasteiger partial charge in [0, 0.05) is 31.9 Å². The van der Waals surface area contributed by atoms with Gasteiger partial charge in [0.05, 0.1) is 10.5 Å². The summed E-state index contributed by atoms with van der Waals surface area (Å²) >= 11 is 0. The van der Waals surface area contributed by atoms with Crippen molar-refractivity contribution in [1.29, 1.82) is 5.26 Å². The zero-order valence-electron chi connectivity index (χ0n) is 15.1. The third-order valence-electron chi connectivity index (χ3n) is 4.41. The zero-order valence-corrected chi connectivity index (χ0v) is 15.9. The Bertz CT molecular complexity index is 987. The molecule has 0 amide bonds. The predicted octanol–water partition coefficient (Wildman–Crippen LogP) is 2.97. The van der Waals surface area contributed by atoms with Gasteiger partial charge in [0.25, 0.3) is 0 Å². The molecule has 1 atom stereocenters. The molecule has 0 aliphatic carbocycles.